The average molecular weight is 253 g/mol. The third-order valence-corrected chi connectivity index (χ3v) is 3.62. The summed E-state index contributed by atoms with van der Waals surface area (Å²) in [6.07, 6.45) is 1.97. The Morgan fingerprint density at radius 1 is 1.47 bits per heavy atom. The van der Waals surface area contributed by atoms with Gasteiger partial charge in [-0.25, -0.2) is 18.1 Å². The lowest BCUT2D eigenvalue weighted by atomic mass is 10.1. The molecule has 0 bridgehead atoms. The van der Waals surface area contributed by atoms with Gasteiger partial charge in [0.2, 0.25) is 10.0 Å². The largest absolute Gasteiger partial charge is 0.244 e. The molecule has 0 atom stereocenters. The maximum absolute atomic E-state index is 11.8. The number of sulfonamides is 1. The molecule has 0 saturated carbocycles. The molecule has 0 aliphatic rings. The highest BCUT2D eigenvalue weighted by molar-refractivity contribution is 7.89. The first-order valence-electron chi connectivity index (χ1n) is 5.31. The molecule has 6 heteroatoms. The van der Waals surface area contributed by atoms with E-state index in [4.69, 9.17) is 5.26 Å². The van der Waals surface area contributed by atoms with E-state index < -0.39 is 10.0 Å². The molecule has 0 amide bonds. The van der Waals surface area contributed by atoms with Crippen molar-refractivity contribution in [2.75, 3.05) is 6.54 Å². The molecule has 0 saturated heterocycles. The summed E-state index contributed by atoms with van der Waals surface area (Å²) in [6, 6.07) is 4.60. The molecule has 1 heterocycles. The summed E-state index contributed by atoms with van der Waals surface area (Å²) in [5.41, 5.74) is 0.200. The topological polar surface area (TPSA) is 82.9 Å². The van der Waals surface area contributed by atoms with Crippen LogP contribution >= 0.6 is 0 Å². The predicted octanol–water partition coefficient (Wildman–Crippen LogP) is 1.28. The van der Waals surface area contributed by atoms with E-state index in [0.29, 0.717) is 12.5 Å². The molecule has 17 heavy (non-hydrogen) atoms. The Morgan fingerprint density at radius 3 is 2.65 bits per heavy atom. The van der Waals surface area contributed by atoms with Crippen LogP contribution in [0.1, 0.15) is 26.0 Å². The van der Waals surface area contributed by atoms with Gasteiger partial charge >= 0.3 is 0 Å². The molecule has 1 aromatic heterocycles. The van der Waals surface area contributed by atoms with Crippen molar-refractivity contribution in [1.82, 2.24) is 9.71 Å². The second-order valence-corrected chi connectivity index (χ2v) is 5.84. The molecule has 1 N–H and O–H groups in total. The number of hydrogen-bond acceptors (Lipinski definition) is 4. The van der Waals surface area contributed by atoms with E-state index in [-0.39, 0.29) is 10.6 Å². The molecule has 5 nitrogen and oxygen atoms in total. The molecule has 0 spiro atoms. The fourth-order valence-electron chi connectivity index (χ4n) is 1.17. The van der Waals surface area contributed by atoms with Crippen molar-refractivity contribution in [2.45, 2.75) is 25.2 Å². The smallest absolute Gasteiger partial charge is 0.242 e. The number of nitrogens with one attached hydrogen (secondary N) is 1. The second-order valence-electron chi connectivity index (χ2n) is 4.07. The lowest BCUT2D eigenvalue weighted by Crippen LogP contribution is -2.25. The molecular weight excluding hydrogens is 238 g/mol. The molecule has 0 aliphatic heterocycles. The minimum atomic E-state index is -3.50. The normalized spacial score (nSPS) is 11.4. The van der Waals surface area contributed by atoms with Gasteiger partial charge in [0.25, 0.3) is 0 Å². The van der Waals surface area contributed by atoms with Crippen LogP contribution in [-0.2, 0) is 10.0 Å². The molecule has 0 fully saturated rings. The van der Waals surface area contributed by atoms with Gasteiger partial charge in [0.1, 0.15) is 16.7 Å². The summed E-state index contributed by atoms with van der Waals surface area (Å²) in [7, 11) is -3.50. The van der Waals surface area contributed by atoms with Crippen molar-refractivity contribution in [2.24, 2.45) is 5.92 Å². The quantitative estimate of drug-likeness (QED) is 0.856. The van der Waals surface area contributed by atoms with Crippen LogP contribution in [0.4, 0.5) is 0 Å². The maximum atomic E-state index is 11.8. The summed E-state index contributed by atoms with van der Waals surface area (Å²) in [5, 5.41) is 8.56. The van der Waals surface area contributed by atoms with Gasteiger partial charge in [-0.2, -0.15) is 5.26 Å². The molecule has 92 valence electrons. The van der Waals surface area contributed by atoms with E-state index in [2.05, 4.69) is 9.71 Å². The fraction of sp³-hybridized carbons (Fsp3) is 0.455. The van der Waals surface area contributed by atoms with Gasteiger partial charge in [0, 0.05) is 12.7 Å². The van der Waals surface area contributed by atoms with Crippen LogP contribution in [0.25, 0.3) is 0 Å². The highest BCUT2D eigenvalue weighted by Crippen LogP contribution is 2.08. The standard InChI is InChI=1S/C11H15N3O2S/c1-9(2)5-6-14-17(15,16)11-4-3-10(7-12)13-8-11/h3-4,8-9,14H,5-6H2,1-2H3. The summed E-state index contributed by atoms with van der Waals surface area (Å²) >= 11 is 0. The summed E-state index contributed by atoms with van der Waals surface area (Å²) < 4.78 is 26.1. The van der Waals surface area contributed by atoms with Gasteiger partial charge in [0.05, 0.1) is 0 Å². The number of nitrogens with zero attached hydrogens (tertiary/aromatic N) is 2. The van der Waals surface area contributed by atoms with E-state index in [1.807, 2.05) is 19.9 Å². The van der Waals surface area contributed by atoms with Gasteiger partial charge in [-0.3, -0.25) is 0 Å². The Labute approximate surface area is 102 Å². The highest BCUT2D eigenvalue weighted by Gasteiger charge is 2.13. The first-order valence-corrected chi connectivity index (χ1v) is 6.80. The van der Waals surface area contributed by atoms with E-state index >= 15 is 0 Å². The van der Waals surface area contributed by atoms with Gasteiger partial charge in [0.15, 0.2) is 0 Å². The lowest BCUT2D eigenvalue weighted by molar-refractivity contribution is 0.551. The molecule has 0 unspecified atom stereocenters. The van der Waals surface area contributed by atoms with Crippen LogP contribution in [-0.4, -0.2) is 19.9 Å². The number of pyridine rings is 1. The van der Waals surface area contributed by atoms with Crippen molar-refractivity contribution in [3.63, 3.8) is 0 Å². The van der Waals surface area contributed by atoms with Crippen LogP contribution in [0, 0.1) is 17.2 Å². The van der Waals surface area contributed by atoms with E-state index in [9.17, 15) is 8.42 Å². The Kier molecular flexibility index (Phi) is 4.61. The first kappa shape index (κ1) is 13.6. The third-order valence-electron chi connectivity index (χ3n) is 2.17. The minimum absolute atomic E-state index is 0.0836. The summed E-state index contributed by atoms with van der Waals surface area (Å²) in [4.78, 5) is 3.81. The molecular formula is C11H15N3O2S. The molecule has 1 rings (SSSR count). The Hall–Kier alpha value is -1.45. The molecule has 0 aliphatic carbocycles. The zero-order valence-electron chi connectivity index (χ0n) is 9.84. The van der Waals surface area contributed by atoms with Crippen LogP contribution in [0.2, 0.25) is 0 Å². The lowest BCUT2D eigenvalue weighted by Gasteiger charge is -2.07. The highest BCUT2D eigenvalue weighted by atomic mass is 32.2. The van der Waals surface area contributed by atoms with Crippen molar-refractivity contribution >= 4 is 10.0 Å². The molecule has 0 aromatic carbocycles. The van der Waals surface area contributed by atoms with Crippen molar-refractivity contribution in [3.05, 3.63) is 24.0 Å². The van der Waals surface area contributed by atoms with Gasteiger partial charge in [-0.15, -0.1) is 0 Å². The van der Waals surface area contributed by atoms with Gasteiger partial charge in [-0.1, -0.05) is 13.8 Å². The fourth-order valence-corrected chi connectivity index (χ4v) is 2.16. The monoisotopic (exact) mass is 253 g/mol. The van der Waals surface area contributed by atoms with Crippen LogP contribution in [0.5, 0.6) is 0 Å². The van der Waals surface area contributed by atoms with Gasteiger partial charge < -0.3 is 0 Å². The third kappa shape index (κ3) is 4.13. The Morgan fingerprint density at radius 2 is 2.18 bits per heavy atom. The Balaban J connectivity index is 2.73. The zero-order chi connectivity index (χ0) is 12.9. The number of hydrogen-bond donors (Lipinski definition) is 1. The van der Waals surface area contributed by atoms with Crippen molar-refractivity contribution in [1.29, 1.82) is 5.26 Å². The summed E-state index contributed by atoms with van der Waals surface area (Å²) in [6.45, 7) is 4.45. The minimum Gasteiger partial charge on any atom is -0.244 e. The second kappa shape index (κ2) is 5.75. The zero-order valence-corrected chi connectivity index (χ0v) is 10.7. The number of rotatable bonds is 5. The van der Waals surface area contributed by atoms with E-state index in [0.717, 1.165) is 6.42 Å². The van der Waals surface area contributed by atoms with E-state index in [1.54, 1.807) is 0 Å². The SMILES string of the molecule is CC(C)CCNS(=O)(=O)c1ccc(C#N)nc1. The maximum Gasteiger partial charge on any atom is 0.242 e. The van der Waals surface area contributed by atoms with Crippen LogP contribution in [0.15, 0.2) is 23.2 Å². The first-order chi connectivity index (χ1) is 7.95. The predicted molar refractivity (Wildman–Crippen MR) is 63.6 cm³/mol. The van der Waals surface area contributed by atoms with Crippen LogP contribution < -0.4 is 4.72 Å². The summed E-state index contributed by atoms with van der Waals surface area (Å²) in [5.74, 6) is 0.441. The average Bonchev–Trinajstić information content (AvgIpc) is 2.28. The van der Waals surface area contributed by atoms with Crippen LogP contribution in [0.3, 0.4) is 0 Å². The van der Waals surface area contributed by atoms with E-state index in [1.165, 1.54) is 18.3 Å². The van der Waals surface area contributed by atoms with Crippen molar-refractivity contribution in [3.8, 4) is 6.07 Å². The number of nitriles is 1. The molecule has 0 radical (unpaired) electrons. The van der Waals surface area contributed by atoms with Gasteiger partial charge in [-0.05, 0) is 24.5 Å². The Bertz CT molecular complexity index is 501. The molecule has 1 aromatic rings. The van der Waals surface area contributed by atoms with Crippen molar-refractivity contribution < 1.29 is 8.42 Å². The number of aromatic nitrogens is 1.